The van der Waals surface area contributed by atoms with Gasteiger partial charge in [-0.1, -0.05) is 19.1 Å². The molecule has 2 unspecified atom stereocenters. The fourth-order valence-corrected chi connectivity index (χ4v) is 2.70. The number of carbonyl (C=O) groups excluding carboxylic acids is 1. The molecule has 1 saturated heterocycles. The molecule has 1 heterocycles. The fourth-order valence-electron chi connectivity index (χ4n) is 2.70. The molecule has 2 atom stereocenters. The van der Waals surface area contributed by atoms with Crippen molar-refractivity contribution in [1.82, 2.24) is 4.90 Å². The normalized spacial score (nSPS) is 23.2. The largest absolute Gasteiger partial charge is 0.416 e. The molecule has 0 aliphatic carbocycles. The van der Waals surface area contributed by atoms with Crippen molar-refractivity contribution in [2.75, 3.05) is 13.1 Å². The average molecular weight is 300 g/mol. The molecule has 2 rings (SSSR count). The summed E-state index contributed by atoms with van der Waals surface area (Å²) in [5.41, 5.74) is 5.78. The van der Waals surface area contributed by atoms with Gasteiger partial charge in [-0.3, -0.25) is 4.79 Å². The molecular weight excluding hydrogens is 281 g/mol. The summed E-state index contributed by atoms with van der Waals surface area (Å²) in [5, 5.41) is 0. The summed E-state index contributed by atoms with van der Waals surface area (Å²) in [7, 11) is 0. The van der Waals surface area contributed by atoms with E-state index in [1.54, 1.807) is 4.90 Å². The van der Waals surface area contributed by atoms with Gasteiger partial charge in [0.25, 0.3) is 0 Å². The number of alkyl halides is 3. The Labute approximate surface area is 121 Å². The zero-order chi connectivity index (χ0) is 15.6. The minimum atomic E-state index is -4.35. The van der Waals surface area contributed by atoms with E-state index in [0.29, 0.717) is 24.6 Å². The van der Waals surface area contributed by atoms with Crippen LogP contribution in [0.4, 0.5) is 13.2 Å². The van der Waals surface area contributed by atoms with E-state index in [9.17, 15) is 18.0 Å². The van der Waals surface area contributed by atoms with Crippen LogP contribution in [-0.2, 0) is 17.4 Å². The van der Waals surface area contributed by atoms with Gasteiger partial charge in [-0.2, -0.15) is 13.2 Å². The highest BCUT2D eigenvalue weighted by molar-refractivity contribution is 5.79. The lowest BCUT2D eigenvalue weighted by Crippen LogP contribution is -2.49. The Kier molecular flexibility index (Phi) is 4.56. The Bertz CT molecular complexity index is 489. The standard InChI is InChI=1S/C15H19F3N2O/c1-10-6-13(19)9-20(8-10)14(21)7-11-2-4-12(5-3-11)15(16,17)18/h2-5,10,13H,6-9,19H2,1H3. The molecule has 0 bridgehead atoms. The van der Waals surface area contributed by atoms with Crippen LogP contribution in [0.5, 0.6) is 0 Å². The second kappa shape index (κ2) is 6.05. The number of hydrogen-bond acceptors (Lipinski definition) is 2. The highest BCUT2D eigenvalue weighted by Crippen LogP contribution is 2.29. The van der Waals surface area contributed by atoms with Gasteiger partial charge < -0.3 is 10.6 Å². The number of nitrogens with zero attached hydrogens (tertiary/aromatic N) is 1. The van der Waals surface area contributed by atoms with Crippen molar-refractivity contribution in [3.8, 4) is 0 Å². The van der Waals surface area contributed by atoms with Gasteiger partial charge in [0.1, 0.15) is 0 Å². The first kappa shape index (κ1) is 15.8. The molecular formula is C15H19F3N2O. The number of carbonyl (C=O) groups is 1. The van der Waals surface area contributed by atoms with Gasteiger partial charge in [0.15, 0.2) is 0 Å². The molecule has 0 aromatic heterocycles. The summed E-state index contributed by atoms with van der Waals surface area (Å²) in [5.74, 6) is 0.266. The number of benzene rings is 1. The number of piperidine rings is 1. The second-order valence-electron chi connectivity index (χ2n) is 5.77. The summed E-state index contributed by atoms with van der Waals surface area (Å²) in [6.45, 7) is 3.22. The number of amides is 1. The predicted molar refractivity (Wildman–Crippen MR) is 73.5 cm³/mol. The van der Waals surface area contributed by atoms with Crippen LogP contribution in [0.15, 0.2) is 24.3 Å². The Balaban J connectivity index is 1.99. The molecule has 1 fully saturated rings. The van der Waals surface area contributed by atoms with Gasteiger partial charge >= 0.3 is 6.18 Å². The molecule has 1 amide bonds. The smallest absolute Gasteiger partial charge is 0.341 e. The molecule has 3 nitrogen and oxygen atoms in total. The van der Waals surface area contributed by atoms with Crippen LogP contribution in [0.2, 0.25) is 0 Å². The fraction of sp³-hybridized carbons (Fsp3) is 0.533. The maximum absolute atomic E-state index is 12.5. The lowest BCUT2D eigenvalue weighted by atomic mass is 9.96. The van der Waals surface area contributed by atoms with Crippen molar-refractivity contribution < 1.29 is 18.0 Å². The molecule has 21 heavy (non-hydrogen) atoms. The zero-order valence-corrected chi connectivity index (χ0v) is 11.9. The molecule has 1 aromatic carbocycles. The van der Waals surface area contributed by atoms with E-state index in [0.717, 1.165) is 18.6 Å². The van der Waals surface area contributed by atoms with Crippen molar-refractivity contribution in [3.05, 3.63) is 35.4 Å². The molecule has 0 spiro atoms. The Hall–Kier alpha value is -1.56. The number of rotatable bonds is 2. The monoisotopic (exact) mass is 300 g/mol. The maximum Gasteiger partial charge on any atom is 0.416 e. The molecule has 6 heteroatoms. The third-order valence-electron chi connectivity index (χ3n) is 3.68. The summed E-state index contributed by atoms with van der Waals surface area (Å²) >= 11 is 0. The van der Waals surface area contributed by atoms with Crippen molar-refractivity contribution in [2.24, 2.45) is 11.7 Å². The Morgan fingerprint density at radius 2 is 1.90 bits per heavy atom. The van der Waals surface area contributed by atoms with Gasteiger partial charge in [-0.25, -0.2) is 0 Å². The molecule has 0 saturated carbocycles. The SMILES string of the molecule is CC1CC(N)CN(C(=O)Cc2ccc(C(F)(F)F)cc2)C1. The van der Waals surface area contributed by atoms with Crippen molar-refractivity contribution in [2.45, 2.75) is 32.0 Å². The summed E-state index contributed by atoms with van der Waals surface area (Å²) in [6, 6.07) is 4.70. The third kappa shape index (κ3) is 4.20. The van der Waals surface area contributed by atoms with Crippen LogP contribution in [0.3, 0.4) is 0 Å². The number of likely N-dealkylation sites (tertiary alicyclic amines) is 1. The van der Waals surface area contributed by atoms with Gasteiger partial charge in [-0.15, -0.1) is 0 Å². The minimum Gasteiger partial charge on any atom is -0.341 e. The first-order valence-electron chi connectivity index (χ1n) is 6.95. The minimum absolute atomic E-state index is 0.0229. The third-order valence-corrected chi connectivity index (χ3v) is 3.68. The van der Waals surface area contributed by atoms with Crippen LogP contribution < -0.4 is 5.73 Å². The van der Waals surface area contributed by atoms with Gasteiger partial charge in [0.2, 0.25) is 5.91 Å². The van der Waals surface area contributed by atoms with Crippen LogP contribution in [0, 0.1) is 5.92 Å². The lowest BCUT2D eigenvalue weighted by Gasteiger charge is -2.34. The lowest BCUT2D eigenvalue weighted by molar-refractivity contribution is -0.137. The quantitative estimate of drug-likeness (QED) is 0.912. The first-order chi connectivity index (χ1) is 9.75. The number of hydrogen-bond donors (Lipinski definition) is 1. The van der Waals surface area contributed by atoms with Crippen LogP contribution in [0.1, 0.15) is 24.5 Å². The van der Waals surface area contributed by atoms with Crippen molar-refractivity contribution in [3.63, 3.8) is 0 Å². The van der Waals surface area contributed by atoms with E-state index >= 15 is 0 Å². The van der Waals surface area contributed by atoms with Crippen molar-refractivity contribution >= 4 is 5.91 Å². The average Bonchev–Trinajstić information content (AvgIpc) is 2.37. The number of nitrogens with two attached hydrogens (primary N) is 1. The van der Waals surface area contributed by atoms with Crippen LogP contribution >= 0.6 is 0 Å². The van der Waals surface area contributed by atoms with E-state index in [2.05, 4.69) is 0 Å². The Morgan fingerprint density at radius 3 is 2.43 bits per heavy atom. The molecule has 0 radical (unpaired) electrons. The van der Waals surface area contributed by atoms with E-state index in [1.807, 2.05) is 6.92 Å². The molecule has 1 aromatic rings. The van der Waals surface area contributed by atoms with Crippen LogP contribution in [0.25, 0.3) is 0 Å². The zero-order valence-electron chi connectivity index (χ0n) is 11.9. The van der Waals surface area contributed by atoms with E-state index in [4.69, 9.17) is 5.73 Å². The highest BCUT2D eigenvalue weighted by atomic mass is 19.4. The summed E-state index contributed by atoms with van der Waals surface area (Å²) < 4.78 is 37.4. The predicted octanol–water partition coefficient (Wildman–Crippen LogP) is 2.44. The summed E-state index contributed by atoms with van der Waals surface area (Å²) in [6.07, 6.45) is -3.35. The topological polar surface area (TPSA) is 46.3 Å². The van der Waals surface area contributed by atoms with Gasteiger partial charge in [-0.05, 0) is 30.0 Å². The van der Waals surface area contributed by atoms with Gasteiger partial charge in [0.05, 0.1) is 12.0 Å². The molecule has 2 N–H and O–H groups in total. The van der Waals surface area contributed by atoms with Crippen LogP contribution in [-0.4, -0.2) is 29.9 Å². The molecule has 1 aliphatic rings. The highest BCUT2D eigenvalue weighted by Gasteiger charge is 2.30. The Morgan fingerprint density at radius 1 is 1.29 bits per heavy atom. The number of halogens is 3. The maximum atomic E-state index is 12.5. The van der Waals surface area contributed by atoms with E-state index in [-0.39, 0.29) is 18.4 Å². The summed E-state index contributed by atoms with van der Waals surface area (Å²) in [4.78, 5) is 13.9. The molecule has 116 valence electrons. The molecule has 1 aliphatic heterocycles. The first-order valence-corrected chi connectivity index (χ1v) is 6.95. The second-order valence-corrected chi connectivity index (χ2v) is 5.77. The van der Waals surface area contributed by atoms with Crippen molar-refractivity contribution in [1.29, 1.82) is 0 Å². The van der Waals surface area contributed by atoms with E-state index < -0.39 is 11.7 Å². The van der Waals surface area contributed by atoms with E-state index in [1.165, 1.54) is 12.1 Å². The van der Waals surface area contributed by atoms with Gasteiger partial charge in [0, 0.05) is 19.1 Å².